The molecule has 0 aliphatic heterocycles. The van der Waals surface area contributed by atoms with Crippen molar-refractivity contribution < 1.29 is 14.7 Å². The van der Waals surface area contributed by atoms with Gasteiger partial charge in [-0.2, -0.15) is 0 Å². The molecule has 0 aliphatic carbocycles. The van der Waals surface area contributed by atoms with Gasteiger partial charge in [0, 0.05) is 17.4 Å². The van der Waals surface area contributed by atoms with Crippen LogP contribution in [0.2, 0.25) is 0 Å². The van der Waals surface area contributed by atoms with Crippen molar-refractivity contribution in [3.05, 3.63) is 35.2 Å². The minimum absolute atomic E-state index is 0.107. The van der Waals surface area contributed by atoms with Gasteiger partial charge in [0.05, 0.1) is 12.1 Å². The standard InChI is InChI=1S/C13H13N3O3S/c1-8(17)15-16-13-14-12(9-5-3-2-4-6-9)10(20-13)7-11(18)19/h2-6H,7H2,1H3,(H,14,16)(H,15,17)(H,18,19). The third-order valence-corrected chi connectivity index (χ3v) is 3.37. The number of carbonyl (C=O) groups is 2. The van der Waals surface area contributed by atoms with E-state index in [1.807, 2.05) is 30.3 Å². The fourth-order valence-corrected chi connectivity index (χ4v) is 2.55. The van der Waals surface area contributed by atoms with Gasteiger partial charge in [-0.3, -0.25) is 20.4 Å². The quantitative estimate of drug-likeness (QED) is 0.732. The Morgan fingerprint density at radius 1 is 1.30 bits per heavy atom. The molecule has 0 radical (unpaired) electrons. The second-order valence-corrected chi connectivity index (χ2v) is 5.12. The van der Waals surface area contributed by atoms with Crippen LogP contribution in [0.4, 0.5) is 5.13 Å². The van der Waals surface area contributed by atoms with Crippen molar-refractivity contribution in [3.63, 3.8) is 0 Å². The van der Waals surface area contributed by atoms with Crippen molar-refractivity contribution in [3.8, 4) is 11.3 Å². The van der Waals surface area contributed by atoms with Crippen molar-refractivity contribution in [1.82, 2.24) is 10.4 Å². The van der Waals surface area contributed by atoms with Gasteiger partial charge in [-0.05, 0) is 0 Å². The van der Waals surface area contributed by atoms with E-state index < -0.39 is 5.97 Å². The number of amides is 1. The van der Waals surface area contributed by atoms with Gasteiger partial charge in [-0.25, -0.2) is 4.98 Å². The molecular weight excluding hydrogens is 278 g/mol. The summed E-state index contributed by atoms with van der Waals surface area (Å²) in [7, 11) is 0. The zero-order valence-corrected chi connectivity index (χ0v) is 11.5. The van der Waals surface area contributed by atoms with Crippen LogP contribution in [0.1, 0.15) is 11.8 Å². The van der Waals surface area contributed by atoms with Crippen LogP contribution in [-0.4, -0.2) is 22.0 Å². The highest BCUT2D eigenvalue weighted by Crippen LogP contribution is 2.31. The first-order chi connectivity index (χ1) is 9.56. The minimum atomic E-state index is -0.920. The molecule has 3 N–H and O–H groups in total. The first-order valence-electron chi connectivity index (χ1n) is 5.86. The number of aliphatic carboxylic acids is 1. The summed E-state index contributed by atoms with van der Waals surface area (Å²) < 4.78 is 0. The van der Waals surface area contributed by atoms with Crippen LogP contribution in [0.5, 0.6) is 0 Å². The lowest BCUT2D eigenvalue weighted by Gasteiger charge is -2.00. The van der Waals surface area contributed by atoms with Gasteiger partial charge >= 0.3 is 5.97 Å². The third-order valence-electron chi connectivity index (χ3n) is 2.40. The highest BCUT2D eigenvalue weighted by atomic mass is 32.1. The summed E-state index contributed by atoms with van der Waals surface area (Å²) >= 11 is 1.21. The molecule has 0 saturated heterocycles. The Kier molecular flexibility index (Phi) is 4.31. The number of carboxylic acids is 1. The number of hydrogen-bond acceptors (Lipinski definition) is 5. The normalized spacial score (nSPS) is 10.1. The fourth-order valence-electron chi connectivity index (χ4n) is 1.63. The van der Waals surface area contributed by atoms with E-state index in [0.29, 0.717) is 15.7 Å². The van der Waals surface area contributed by atoms with E-state index in [0.717, 1.165) is 5.56 Å². The van der Waals surface area contributed by atoms with E-state index in [1.54, 1.807) is 0 Å². The monoisotopic (exact) mass is 291 g/mol. The number of nitrogens with one attached hydrogen (secondary N) is 2. The number of carboxylic acid groups (broad SMARTS) is 1. The number of benzene rings is 1. The van der Waals surface area contributed by atoms with Crippen LogP contribution in [0.25, 0.3) is 11.3 Å². The Labute approximate surface area is 119 Å². The Morgan fingerprint density at radius 3 is 2.60 bits per heavy atom. The van der Waals surface area contributed by atoms with Crippen LogP contribution < -0.4 is 10.9 Å². The van der Waals surface area contributed by atoms with Crippen molar-refractivity contribution >= 4 is 28.3 Å². The van der Waals surface area contributed by atoms with Crippen molar-refractivity contribution in [2.75, 3.05) is 5.43 Å². The zero-order chi connectivity index (χ0) is 14.5. The smallest absolute Gasteiger partial charge is 0.308 e. The summed E-state index contributed by atoms with van der Waals surface area (Å²) in [6.07, 6.45) is -0.107. The highest BCUT2D eigenvalue weighted by molar-refractivity contribution is 7.16. The lowest BCUT2D eigenvalue weighted by molar-refractivity contribution is -0.136. The van der Waals surface area contributed by atoms with Crippen LogP contribution in [-0.2, 0) is 16.0 Å². The Bertz CT molecular complexity index is 625. The molecule has 0 unspecified atom stereocenters. The first kappa shape index (κ1) is 14.0. The Balaban J connectivity index is 2.32. The maximum absolute atomic E-state index is 10.9. The number of hydrazine groups is 1. The molecule has 0 aliphatic rings. The molecule has 2 rings (SSSR count). The number of aromatic nitrogens is 1. The SMILES string of the molecule is CC(=O)NNc1nc(-c2ccccc2)c(CC(=O)O)s1. The number of nitrogens with zero attached hydrogens (tertiary/aromatic N) is 1. The molecule has 1 heterocycles. The second kappa shape index (κ2) is 6.16. The van der Waals surface area contributed by atoms with E-state index in [9.17, 15) is 9.59 Å². The molecule has 0 spiro atoms. The van der Waals surface area contributed by atoms with E-state index in [2.05, 4.69) is 15.8 Å². The van der Waals surface area contributed by atoms with Crippen LogP contribution in [0.3, 0.4) is 0 Å². The van der Waals surface area contributed by atoms with E-state index >= 15 is 0 Å². The first-order valence-corrected chi connectivity index (χ1v) is 6.67. The van der Waals surface area contributed by atoms with Crippen molar-refractivity contribution in [1.29, 1.82) is 0 Å². The molecular formula is C13H13N3O3S. The predicted octanol–water partition coefficient (Wildman–Crippen LogP) is 1.90. The number of thiazole rings is 1. The van der Waals surface area contributed by atoms with Crippen LogP contribution in [0.15, 0.2) is 30.3 Å². The maximum Gasteiger partial charge on any atom is 0.308 e. The maximum atomic E-state index is 10.9. The molecule has 6 nitrogen and oxygen atoms in total. The largest absolute Gasteiger partial charge is 0.481 e. The van der Waals surface area contributed by atoms with Gasteiger partial charge in [-0.1, -0.05) is 41.7 Å². The number of anilines is 1. The molecule has 1 amide bonds. The third kappa shape index (κ3) is 3.55. The van der Waals surface area contributed by atoms with Gasteiger partial charge in [0.1, 0.15) is 0 Å². The summed E-state index contributed by atoms with van der Waals surface area (Å²) in [5.41, 5.74) is 6.54. The van der Waals surface area contributed by atoms with Crippen LogP contribution >= 0.6 is 11.3 Å². The van der Waals surface area contributed by atoms with Crippen LogP contribution in [0, 0.1) is 0 Å². The molecule has 2 aromatic rings. The summed E-state index contributed by atoms with van der Waals surface area (Å²) in [6, 6.07) is 9.33. The summed E-state index contributed by atoms with van der Waals surface area (Å²) in [6.45, 7) is 1.37. The molecule has 0 atom stereocenters. The molecule has 0 saturated carbocycles. The molecule has 0 fully saturated rings. The molecule has 7 heteroatoms. The molecule has 1 aromatic carbocycles. The van der Waals surface area contributed by atoms with E-state index in [-0.39, 0.29) is 12.3 Å². The summed E-state index contributed by atoms with van der Waals surface area (Å²) in [5.74, 6) is -1.17. The molecule has 1 aromatic heterocycles. The summed E-state index contributed by atoms with van der Waals surface area (Å²) in [5, 5.41) is 9.41. The van der Waals surface area contributed by atoms with Gasteiger partial charge < -0.3 is 5.11 Å². The second-order valence-electron chi connectivity index (χ2n) is 4.03. The molecule has 0 bridgehead atoms. The highest BCUT2D eigenvalue weighted by Gasteiger charge is 2.15. The Hall–Kier alpha value is -2.41. The van der Waals surface area contributed by atoms with Crippen molar-refractivity contribution in [2.45, 2.75) is 13.3 Å². The van der Waals surface area contributed by atoms with E-state index in [4.69, 9.17) is 5.11 Å². The predicted molar refractivity (Wildman–Crippen MR) is 76.3 cm³/mol. The van der Waals surface area contributed by atoms with Gasteiger partial charge in [-0.15, -0.1) is 0 Å². The lowest BCUT2D eigenvalue weighted by atomic mass is 10.1. The number of rotatable bonds is 5. The zero-order valence-electron chi connectivity index (χ0n) is 10.7. The Morgan fingerprint density at radius 2 is 2.00 bits per heavy atom. The van der Waals surface area contributed by atoms with Crippen molar-refractivity contribution in [2.24, 2.45) is 0 Å². The molecule has 20 heavy (non-hydrogen) atoms. The topological polar surface area (TPSA) is 91.3 Å². The number of carbonyl (C=O) groups excluding carboxylic acids is 1. The van der Waals surface area contributed by atoms with Gasteiger partial charge in [0.25, 0.3) is 0 Å². The number of hydrogen-bond donors (Lipinski definition) is 3. The van der Waals surface area contributed by atoms with E-state index in [1.165, 1.54) is 18.3 Å². The molecule has 104 valence electrons. The van der Waals surface area contributed by atoms with Gasteiger partial charge in [0.15, 0.2) is 0 Å². The average molecular weight is 291 g/mol. The van der Waals surface area contributed by atoms with Gasteiger partial charge in [0.2, 0.25) is 11.0 Å². The minimum Gasteiger partial charge on any atom is -0.481 e. The average Bonchev–Trinajstić information content (AvgIpc) is 2.79. The lowest BCUT2D eigenvalue weighted by Crippen LogP contribution is -2.26. The summed E-state index contributed by atoms with van der Waals surface area (Å²) in [4.78, 5) is 26.8. The fraction of sp³-hybridized carbons (Fsp3) is 0.154.